The number of nitrogens with one attached hydrogen (secondary N) is 2. The lowest BCUT2D eigenvalue weighted by atomic mass is 10.1. The number of nitrogens with zero attached hydrogens (tertiary/aromatic N) is 1. The van der Waals surface area contributed by atoms with E-state index in [9.17, 15) is 13.2 Å². The number of methoxy groups -OCH3 is 1. The van der Waals surface area contributed by atoms with Crippen LogP contribution in [0.1, 0.15) is 15.9 Å². The third-order valence-electron chi connectivity index (χ3n) is 4.24. The molecule has 2 aromatic carbocycles. The zero-order chi connectivity index (χ0) is 20.1. The van der Waals surface area contributed by atoms with Crippen LogP contribution in [0.25, 0.3) is 10.9 Å². The molecule has 0 atom stereocenters. The highest BCUT2D eigenvalue weighted by molar-refractivity contribution is 7.89. The number of hydrogen-bond acceptors (Lipinski definition) is 5. The van der Waals surface area contributed by atoms with Gasteiger partial charge in [-0.25, -0.2) is 13.1 Å². The summed E-state index contributed by atoms with van der Waals surface area (Å²) in [5.74, 6) is -0.328. The maximum atomic E-state index is 12.6. The van der Waals surface area contributed by atoms with Crippen molar-refractivity contribution in [1.82, 2.24) is 9.71 Å². The van der Waals surface area contributed by atoms with Gasteiger partial charge in [0.05, 0.1) is 22.7 Å². The first-order valence-electron chi connectivity index (χ1n) is 8.67. The Balaban J connectivity index is 1.78. The van der Waals surface area contributed by atoms with E-state index in [0.717, 1.165) is 16.5 Å². The fraction of sp³-hybridized carbons (Fsp3) is 0.200. The van der Waals surface area contributed by atoms with Crippen molar-refractivity contribution in [3.8, 4) is 0 Å². The number of fused-ring (bicyclic) bond motifs is 1. The highest BCUT2D eigenvalue weighted by Gasteiger charge is 2.15. The van der Waals surface area contributed by atoms with Crippen LogP contribution in [0.15, 0.2) is 59.6 Å². The molecule has 0 radical (unpaired) electrons. The van der Waals surface area contributed by atoms with Crippen molar-refractivity contribution >= 4 is 32.5 Å². The van der Waals surface area contributed by atoms with Crippen molar-refractivity contribution < 1.29 is 17.9 Å². The first-order valence-corrected chi connectivity index (χ1v) is 10.1. The number of hydrogen-bond donors (Lipinski definition) is 2. The van der Waals surface area contributed by atoms with Crippen LogP contribution in [-0.4, -0.2) is 39.6 Å². The highest BCUT2D eigenvalue weighted by atomic mass is 32.2. The van der Waals surface area contributed by atoms with Gasteiger partial charge in [-0.2, -0.15) is 0 Å². The molecule has 1 aromatic heterocycles. The molecule has 8 heteroatoms. The van der Waals surface area contributed by atoms with Gasteiger partial charge in [-0.3, -0.25) is 9.78 Å². The molecular weight excluding hydrogens is 378 g/mol. The summed E-state index contributed by atoms with van der Waals surface area (Å²) >= 11 is 0. The predicted octanol–water partition coefficient (Wildman–Crippen LogP) is 2.72. The molecule has 0 aliphatic heterocycles. The Morgan fingerprint density at radius 2 is 1.86 bits per heavy atom. The molecule has 0 bridgehead atoms. The first-order chi connectivity index (χ1) is 13.4. The van der Waals surface area contributed by atoms with Gasteiger partial charge in [-0.15, -0.1) is 0 Å². The minimum absolute atomic E-state index is 0.0881. The van der Waals surface area contributed by atoms with E-state index < -0.39 is 10.0 Å². The summed E-state index contributed by atoms with van der Waals surface area (Å²) in [5, 5.41) is 3.71. The summed E-state index contributed by atoms with van der Waals surface area (Å²) in [7, 11) is -2.14. The van der Waals surface area contributed by atoms with Gasteiger partial charge in [0.25, 0.3) is 5.91 Å². The van der Waals surface area contributed by atoms with E-state index in [-0.39, 0.29) is 24.0 Å². The molecule has 0 spiro atoms. The van der Waals surface area contributed by atoms with Crippen molar-refractivity contribution in [3.05, 3.63) is 65.9 Å². The normalized spacial score (nSPS) is 11.5. The molecule has 1 amide bonds. The average Bonchev–Trinajstić information content (AvgIpc) is 2.70. The lowest BCUT2D eigenvalue weighted by Crippen LogP contribution is -2.27. The topological polar surface area (TPSA) is 97.4 Å². The van der Waals surface area contributed by atoms with Gasteiger partial charge in [0.15, 0.2) is 0 Å². The summed E-state index contributed by atoms with van der Waals surface area (Å²) in [6, 6.07) is 13.2. The van der Waals surface area contributed by atoms with E-state index in [2.05, 4.69) is 15.0 Å². The van der Waals surface area contributed by atoms with E-state index in [1.54, 1.807) is 6.20 Å². The largest absolute Gasteiger partial charge is 0.383 e. The SMILES string of the molecule is COCCNS(=O)(=O)c1ccc(C(=O)Nc2ccc(C)c3ncccc23)cc1. The van der Waals surface area contributed by atoms with E-state index in [1.165, 1.54) is 31.4 Å². The van der Waals surface area contributed by atoms with Crippen LogP contribution in [0.2, 0.25) is 0 Å². The third-order valence-corrected chi connectivity index (χ3v) is 5.72. The highest BCUT2D eigenvalue weighted by Crippen LogP contribution is 2.25. The smallest absolute Gasteiger partial charge is 0.255 e. The summed E-state index contributed by atoms with van der Waals surface area (Å²) in [5.41, 5.74) is 2.85. The molecule has 146 valence electrons. The predicted molar refractivity (Wildman–Crippen MR) is 108 cm³/mol. The lowest BCUT2D eigenvalue weighted by molar-refractivity contribution is 0.102. The van der Waals surface area contributed by atoms with E-state index in [4.69, 9.17) is 4.74 Å². The van der Waals surface area contributed by atoms with Crippen LogP contribution < -0.4 is 10.0 Å². The maximum absolute atomic E-state index is 12.6. The zero-order valence-corrected chi connectivity index (χ0v) is 16.4. The molecule has 0 aliphatic rings. The number of aromatic nitrogens is 1. The number of rotatable bonds is 7. The van der Waals surface area contributed by atoms with Gasteiger partial charge >= 0.3 is 0 Å². The Kier molecular flexibility index (Phi) is 6.03. The van der Waals surface area contributed by atoms with Gasteiger partial charge in [0.2, 0.25) is 10.0 Å². The molecule has 2 N–H and O–H groups in total. The third kappa shape index (κ3) is 4.36. The molecule has 3 rings (SSSR count). The van der Waals surface area contributed by atoms with E-state index >= 15 is 0 Å². The molecular formula is C20H21N3O4S. The van der Waals surface area contributed by atoms with Crippen LogP contribution in [0, 0.1) is 6.92 Å². The Hall–Kier alpha value is -2.81. The number of ether oxygens (including phenoxy) is 1. The summed E-state index contributed by atoms with van der Waals surface area (Å²) < 4.78 is 31.6. The van der Waals surface area contributed by atoms with Crippen LogP contribution in [-0.2, 0) is 14.8 Å². The number of benzene rings is 2. The summed E-state index contributed by atoms with van der Waals surface area (Å²) in [6.07, 6.45) is 1.71. The zero-order valence-electron chi connectivity index (χ0n) is 15.6. The van der Waals surface area contributed by atoms with Crippen molar-refractivity contribution in [2.45, 2.75) is 11.8 Å². The number of carbonyl (C=O) groups excluding carboxylic acids is 1. The molecule has 7 nitrogen and oxygen atoms in total. The molecule has 0 saturated carbocycles. The first kappa shape index (κ1) is 19.9. The number of sulfonamides is 1. The molecule has 3 aromatic rings. The second-order valence-electron chi connectivity index (χ2n) is 6.20. The Morgan fingerprint density at radius 3 is 2.57 bits per heavy atom. The minimum atomic E-state index is -3.64. The Morgan fingerprint density at radius 1 is 1.11 bits per heavy atom. The van der Waals surface area contributed by atoms with Crippen molar-refractivity contribution in [2.75, 3.05) is 25.6 Å². The lowest BCUT2D eigenvalue weighted by Gasteiger charge is -2.11. The van der Waals surface area contributed by atoms with Gasteiger partial charge < -0.3 is 10.1 Å². The number of anilines is 1. The van der Waals surface area contributed by atoms with E-state index in [1.807, 2.05) is 31.2 Å². The number of carbonyl (C=O) groups is 1. The van der Waals surface area contributed by atoms with Crippen LogP contribution in [0.3, 0.4) is 0 Å². The minimum Gasteiger partial charge on any atom is -0.383 e. The Bertz CT molecular complexity index is 1100. The number of aryl methyl sites for hydroxylation is 1. The van der Waals surface area contributed by atoms with E-state index in [0.29, 0.717) is 11.3 Å². The quantitative estimate of drug-likeness (QED) is 0.596. The standard InChI is InChI=1S/C20H21N3O4S/c1-14-5-10-18(17-4-3-11-21-19(14)17)23-20(24)15-6-8-16(9-7-15)28(25,26)22-12-13-27-2/h3-11,22H,12-13H2,1-2H3,(H,23,24). The molecule has 0 saturated heterocycles. The van der Waals surface area contributed by atoms with Gasteiger partial charge in [-0.1, -0.05) is 6.07 Å². The van der Waals surface area contributed by atoms with Crippen LogP contribution in [0.4, 0.5) is 5.69 Å². The summed E-state index contributed by atoms with van der Waals surface area (Å²) in [6.45, 7) is 2.41. The number of pyridine rings is 1. The summed E-state index contributed by atoms with van der Waals surface area (Å²) in [4.78, 5) is 17.0. The van der Waals surface area contributed by atoms with Crippen molar-refractivity contribution in [1.29, 1.82) is 0 Å². The molecule has 1 heterocycles. The van der Waals surface area contributed by atoms with Gasteiger partial charge in [0, 0.05) is 30.8 Å². The molecule has 0 aliphatic carbocycles. The van der Waals surface area contributed by atoms with Crippen LogP contribution >= 0.6 is 0 Å². The average molecular weight is 399 g/mol. The Labute approximate surface area is 163 Å². The fourth-order valence-electron chi connectivity index (χ4n) is 2.76. The van der Waals surface area contributed by atoms with Crippen molar-refractivity contribution in [3.63, 3.8) is 0 Å². The van der Waals surface area contributed by atoms with Gasteiger partial charge in [0.1, 0.15) is 0 Å². The molecule has 0 unspecified atom stereocenters. The second kappa shape index (κ2) is 8.47. The van der Waals surface area contributed by atoms with Crippen molar-refractivity contribution in [2.24, 2.45) is 0 Å². The van der Waals surface area contributed by atoms with Gasteiger partial charge in [-0.05, 0) is 55.0 Å². The molecule has 0 fully saturated rings. The fourth-order valence-corrected chi connectivity index (χ4v) is 3.78. The second-order valence-corrected chi connectivity index (χ2v) is 7.97. The monoisotopic (exact) mass is 399 g/mol. The number of amides is 1. The maximum Gasteiger partial charge on any atom is 0.255 e. The molecule has 28 heavy (non-hydrogen) atoms. The van der Waals surface area contributed by atoms with Crippen LogP contribution in [0.5, 0.6) is 0 Å².